The minimum Gasteiger partial charge on any atom is -0.462 e. The molecule has 5 N–H and O–H groups in total. The molecular formula is C43H70NO11P. The van der Waals surface area contributed by atoms with Crippen molar-refractivity contribution in [2.75, 3.05) is 26.4 Å². The number of hydrogen-bond acceptors (Lipinski definition) is 11. The molecule has 0 saturated heterocycles. The quantitative estimate of drug-likeness (QED) is 0.0216. The Labute approximate surface area is 335 Å². The van der Waals surface area contributed by atoms with Crippen LogP contribution in [0.5, 0.6) is 0 Å². The molecule has 0 heterocycles. The van der Waals surface area contributed by atoms with Crippen LogP contribution in [0.2, 0.25) is 0 Å². The Bertz CT molecular complexity index is 1310. The van der Waals surface area contributed by atoms with E-state index in [4.69, 9.17) is 24.3 Å². The number of ether oxygens (including phenoxy) is 2. The molecule has 1 aliphatic carbocycles. The molecule has 1 saturated carbocycles. The number of phosphoric ester groups is 1. The largest absolute Gasteiger partial charge is 0.472 e. The molecule has 0 aromatic carbocycles. The fourth-order valence-corrected chi connectivity index (χ4v) is 6.60. The van der Waals surface area contributed by atoms with Crippen LogP contribution in [0.1, 0.15) is 123 Å². The average molecular weight is 808 g/mol. The number of unbranched alkanes of at least 4 members (excludes halogenated alkanes) is 5. The lowest BCUT2D eigenvalue weighted by Gasteiger charge is -2.19. The Kier molecular flexibility index (Phi) is 30.1. The van der Waals surface area contributed by atoms with Crippen molar-refractivity contribution in [1.29, 1.82) is 0 Å². The van der Waals surface area contributed by atoms with Crippen LogP contribution in [0.15, 0.2) is 72.9 Å². The first-order valence-corrected chi connectivity index (χ1v) is 22.0. The lowest BCUT2D eigenvalue weighted by molar-refractivity contribution is -0.161. The maximum absolute atomic E-state index is 12.6. The van der Waals surface area contributed by atoms with Crippen LogP contribution in [-0.2, 0) is 37.5 Å². The van der Waals surface area contributed by atoms with Gasteiger partial charge in [-0.05, 0) is 70.6 Å². The van der Waals surface area contributed by atoms with Crippen LogP contribution in [0.3, 0.4) is 0 Å². The molecule has 6 atom stereocenters. The minimum absolute atomic E-state index is 0.00434. The lowest BCUT2D eigenvalue weighted by atomic mass is 9.90. The molecule has 0 aromatic heterocycles. The van der Waals surface area contributed by atoms with Crippen molar-refractivity contribution >= 4 is 25.5 Å². The number of allylic oxidation sites excluding steroid dienone is 11. The number of carbonyl (C=O) groups excluding carboxylic acids is 3. The predicted molar refractivity (Wildman–Crippen MR) is 220 cm³/mol. The van der Waals surface area contributed by atoms with Gasteiger partial charge >= 0.3 is 19.8 Å². The average Bonchev–Trinajstić information content (AvgIpc) is 3.44. The second-order valence-electron chi connectivity index (χ2n) is 13.9. The Balaban J connectivity index is 2.48. The SMILES string of the molecule is CC/C=C\C/C=C\C/C=C\C/C=C\CCCCC(=O)O[C@H](COC(=O)CCC/C=C\C[C@H]1[C@@H](O)CC(=O)[C@@H]1/C=C/[C@@H](O)CCCCC)COP(=O)(O)OCCN. The summed E-state index contributed by atoms with van der Waals surface area (Å²) < 4.78 is 32.6. The Morgan fingerprint density at radius 2 is 1.48 bits per heavy atom. The summed E-state index contributed by atoms with van der Waals surface area (Å²) in [6, 6.07) is 0. The smallest absolute Gasteiger partial charge is 0.462 e. The molecule has 318 valence electrons. The van der Waals surface area contributed by atoms with Crippen LogP contribution in [0.25, 0.3) is 0 Å². The summed E-state index contributed by atoms with van der Waals surface area (Å²) in [5.41, 5.74) is 5.33. The summed E-state index contributed by atoms with van der Waals surface area (Å²) in [6.45, 7) is 3.12. The van der Waals surface area contributed by atoms with Crippen molar-refractivity contribution in [3.8, 4) is 0 Å². The van der Waals surface area contributed by atoms with Crippen LogP contribution in [0.4, 0.5) is 0 Å². The van der Waals surface area contributed by atoms with E-state index in [-0.39, 0.29) is 50.7 Å². The zero-order valence-corrected chi connectivity index (χ0v) is 34.7. The molecule has 1 rings (SSSR count). The number of rotatable bonds is 33. The number of Topliss-reactive ketones (excluding diaryl/α,β-unsaturated/α-hetero) is 1. The van der Waals surface area contributed by atoms with E-state index in [0.717, 1.165) is 57.8 Å². The highest BCUT2D eigenvalue weighted by atomic mass is 31.2. The van der Waals surface area contributed by atoms with Gasteiger partial charge in [0.1, 0.15) is 12.4 Å². The Morgan fingerprint density at radius 1 is 0.839 bits per heavy atom. The zero-order valence-electron chi connectivity index (χ0n) is 33.8. The second kappa shape index (κ2) is 33.1. The second-order valence-corrected chi connectivity index (χ2v) is 15.4. The summed E-state index contributed by atoms with van der Waals surface area (Å²) in [5.74, 6) is -1.84. The van der Waals surface area contributed by atoms with Gasteiger partial charge in [-0.25, -0.2) is 4.57 Å². The summed E-state index contributed by atoms with van der Waals surface area (Å²) in [4.78, 5) is 47.4. The molecule has 13 heteroatoms. The van der Waals surface area contributed by atoms with Gasteiger partial charge in [-0.1, -0.05) is 106 Å². The molecule has 0 spiro atoms. The summed E-state index contributed by atoms with van der Waals surface area (Å²) in [6.07, 6.45) is 33.1. The maximum atomic E-state index is 12.6. The Hall–Kier alpha value is -2.96. The molecule has 56 heavy (non-hydrogen) atoms. The summed E-state index contributed by atoms with van der Waals surface area (Å²) in [5, 5.41) is 20.7. The fourth-order valence-electron chi connectivity index (χ4n) is 5.84. The normalized spacial score (nSPS) is 20.0. The molecule has 0 aliphatic heterocycles. The van der Waals surface area contributed by atoms with E-state index in [0.29, 0.717) is 32.1 Å². The highest BCUT2D eigenvalue weighted by molar-refractivity contribution is 7.47. The van der Waals surface area contributed by atoms with Gasteiger partial charge in [0.2, 0.25) is 0 Å². The van der Waals surface area contributed by atoms with Gasteiger partial charge in [0.15, 0.2) is 6.10 Å². The van der Waals surface area contributed by atoms with E-state index < -0.39 is 50.6 Å². The summed E-state index contributed by atoms with van der Waals surface area (Å²) in [7, 11) is -4.46. The molecule has 0 radical (unpaired) electrons. The van der Waals surface area contributed by atoms with E-state index in [1.54, 1.807) is 12.2 Å². The first-order valence-electron chi connectivity index (χ1n) is 20.5. The van der Waals surface area contributed by atoms with Gasteiger partial charge in [-0.2, -0.15) is 0 Å². The zero-order chi connectivity index (χ0) is 41.3. The number of phosphoric acid groups is 1. The third-order valence-corrected chi connectivity index (χ3v) is 9.94. The van der Waals surface area contributed by atoms with E-state index in [1.807, 2.05) is 12.2 Å². The van der Waals surface area contributed by atoms with Crippen molar-refractivity contribution in [2.45, 2.75) is 141 Å². The molecular weight excluding hydrogens is 737 g/mol. The number of carbonyl (C=O) groups is 3. The van der Waals surface area contributed by atoms with Crippen molar-refractivity contribution in [2.24, 2.45) is 17.6 Å². The topological polar surface area (TPSA) is 192 Å². The minimum atomic E-state index is -4.46. The first kappa shape index (κ1) is 51.1. The molecule has 1 unspecified atom stereocenters. The third-order valence-electron chi connectivity index (χ3n) is 8.95. The predicted octanol–water partition coefficient (Wildman–Crippen LogP) is 8.08. The molecule has 1 fully saturated rings. The highest BCUT2D eigenvalue weighted by Crippen LogP contribution is 2.43. The summed E-state index contributed by atoms with van der Waals surface area (Å²) >= 11 is 0. The standard InChI is InChI=1S/C43H70NO11P/c1-3-5-7-8-9-10-11-12-13-14-15-16-17-18-24-28-43(49)55-37(35-54-56(50,51)53-32-31-44)34-52-42(48)27-23-20-19-22-26-38-39(41(47)33-40(38)46)30-29-36(45)25-21-6-4-2/h5,7,9-10,12-13,15-16,19,22,29-30,36-40,45-46H,3-4,6,8,11,14,17-18,20-21,23-28,31-35,44H2,1-2H3,(H,50,51)/b7-5-,10-9-,13-12-,16-15-,22-19-,30-29+/t36-,37+,38+,39+,40-/m0/s1. The fraction of sp³-hybridized carbons (Fsp3) is 0.651. The number of aliphatic hydroxyl groups excluding tert-OH is 2. The van der Waals surface area contributed by atoms with Crippen LogP contribution >= 0.6 is 7.82 Å². The molecule has 0 aromatic rings. The number of aliphatic hydroxyl groups is 2. The van der Waals surface area contributed by atoms with E-state index in [1.165, 1.54) is 0 Å². The van der Waals surface area contributed by atoms with Gasteiger partial charge in [0.25, 0.3) is 0 Å². The third kappa shape index (κ3) is 26.8. The van der Waals surface area contributed by atoms with E-state index in [2.05, 4.69) is 62.5 Å². The highest BCUT2D eigenvalue weighted by Gasteiger charge is 2.39. The van der Waals surface area contributed by atoms with Crippen molar-refractivity contribution < 1.29 is 52.6 Å². The number of hydrogen-bond donors (Lipinski definition) is 4. The first-order chi connectivity index (χ1) is 27.0. The maximum Gasteiger partial charge on any atom is 0.472 e. The van der Waals surface area contributed by atoms with Gasteiger partial charge in [0.05, 0.1) is 25.4 Å². The van der Waals surface area contributed by atoms with Crippen LogP contribution in [0, 0.1) is 11.8 Å². The van der Waals surface area contributed by atoms with Gasteiger partial charge in [0, 0.05) is 37.6 Å². The molecule has 0 amide bonds. The molecule has 0 bridgehead atoms. The van der Waals surface area contributed by atoms with Gasteiger partial charge in [-0.3, -0.25) is 23.4 Å². The van der Waals surface area contributed by atoms with E-state index >= 15 is 0 Å². The monoisotopic (exact) mass is 807 g/mol. The Morgan fingerprint density at radius 3 is 2.16 bits per heavy atom. The van der Waals surface area contributed by atoms with Crippen molar-refractivity contribution in [1.82, 2.24) is 0 Å². The molecule has 1 aliphatic rings. The van der Waals surface area contributed by atoms with Gasteiger partial charge < -0.3 is 30.3 Å². The van der Waals surface area contributed by atoms with Crippen molar-refractivity contribution in [3.63, 3.8) is 0 Å². The molecule has 12 nitrogen and oxygen atoms in total. The lowest BCUT2D eigenvalue weighted by Crippen LogP contribution is -2.29. The number of nitrogens with two attached hydrogens (primary N) is 1. The van der Waals surface area contributed by atoms with Gasteiger partial charge in [-0.15, -0.1) is 0 Å². The van der Waals surface area contributed by atoms with Crippen LogP contribution in [-0.4, -0.2) is 77.5 Å². The van der Waals surface area contributed by atoms with E-state index in [9.17, 15) is 34.1 Å². The van der Waals surface area contributed by atoms with Crippen molar-refractivity contribution in [3.05, 3.63) is 72.9 Å². The van der Waals surface area contributed by atoms with Crippen LogP contribution < -0.4 is 5.73 Å². The number of esters is 2. The number of ketones is 1.